The standard InChI is InChI=1S/C13H28N4O/c1-15-13(7-5-11(14)6-8-13)12(18)17(4)10-9-16(2)3/h11,15H,5-10,14H2,1-4H3. The molecule has 0 aromatic carbocycles. The van der Waals surface area contributed by atoms with Crippen molar-refractivity contribution >= 4 is 5.91 Å². The second-order valence-electron chi connectivity index (χ2n) is 5.70. The third kappa shape index (κ3) is 3.67. The van der Waals surface area contributed by atoms with Crippen molar-refractivity contribution < 1.29 is 4.79 Å². The van der Waals surface area contributed by atoms with Crippen LogP contribution in [-0.2, 0) is 4.79 Å². The molecule has 0 spiro atoms. The lowest BCUT2D eigenvalue weighted by Gasteiger charge is -2.40. The van der Waals surface area contributed by atoms with Gasteiger partial charge in [0, 0.05) is 26.2 Å². The first-order valence-corrected chi connectivity index (χ1v) is 6.76. The van der Waals surface area contributed by atoms with Gasteiger partial charge in [-0.3, -0.25) is 4.79 Å². The van der Waals surface area contributed by atoms with E-state index in [9.17, 15) is 4.79 Å². The van der Waals surface area contributed by atoms with Gasteiger partial charge in [0.1, 0.15) is 0 Å². The number of carbonyl (C=O) groups is 1. The van der Waals surface area contributed by atoms with Crippen LogP contribution in [0.15, 0.2) is 0 Å². The fourth-order valence-corrected chi connectivity index (χ4v) is 2.52. The molecule has 5 heteroatoms. The second kappa shape index (κ2) is 6.50. The lowest BCUT2D eigenvalue weighted by molar-refractivity contribution is -0.138. The highest BCUT2D eigenvalue weighted by Crippen LogP contribution is 2.29. The molecule has 18 heavy (non-hydrogen) atoms. The predicted octanol–water partition coefficient (Wildman–Crippen LogP) is -0.134. The molecule has 0 saturated heterocycles. The van der Waals surface area contributed by atoms with Crippen LogP contribution in [0.4, 0.5) is 0 Å². The van der Waals surface area contributed by atoms with Crippen LogP contribution in [0.2, 0.25) is 0 Å². The maximum Gasteiger partial charge on any atom is 0.242 e. The number of hydrogen-bond acceptors (Lipinski definition) is 4. The maximum absolute atomic E-state index is 12.6. The number of rotatable bonds is 5. The molecule has 0 atom stereocenters. The van der Waals surface area contributed by atoms with Crippen LogP contribution in [0.25, 0.3) is 0 Å². The summed E-state index contributed by atoms with van der Waals surface area (Å²) in [7, 11) is 7.81. The first-order valence-electron chi connectivity index (χ1n) is 6.76. The summed E-state index contributed by atoms with van der Waals surface area (Å²) < 4.78 is 0. The van der Waals surface area contributed by atoms with Gasteiger partial charge >= 0.3 is 0 Å². The number of nitrogens with two attached hydrogens (primary N) is 1. The van der Waals surface area contributed by atoms with E-state index in [4.69, 9.17) is 5.73 Å². The molecular formula is C13H28N4O. The van der Waals surface area contributed by atoms with Crippen LogP contribution < -0.4 is 11.1 Å². The molecular weight excluding hydrogens is 228 g/mol. The van der Waals surface area contributed by atoms with Crippen molar-refractivity contribution in [3.63, 3.8) is 0 Å². The van der Waals surface area contributed by atoms with E-state index < -0.39 is 5.54 Å². The molecule has 1 saturated carbocycles. The van der Waals surface area contributed by atoms with E-state index in [0.717, 1.165) is 38.8 Å². The van der Waals surface area contributed by atoms with Crippen molar-refractivity contribution in [2.45, 2.75) is 37.3 Å². The molecule has 106 valence electrons. The summed E-state index contributed by atoms with van der Waals surface area (Å²) in [5, 5.41) is 3.25. The van der Waals surface area contributed by atoms with Crippen LogP contribution in [0.3, 0.4) is 0 Å². The molecule has 1 fully saturated rings. The van der Waals surface area contributed by atoms with Crippen LogP contribution in [0, 0.1) is 0 Å². The zero-order valence-corrected chi connectivity index (χ0v) is 12.2. The fraction of sp³-hybridized carbons (Fsp3) is 0.923. The molecule has 3 N–H and O–H groups in total. The minimum absolute atomic E-state index is 0.207. The van der Waals surface area contributed by atoms with Gasteiger partial charge in [-0.2, -0.15) is 0 Å². The first-order chi connectivity index (χ1) is 8.41. The summed E-state index contributed by atoms with van der Waals surface area (Å²) in [4.78, 5) is 16.5. The number of carbonyl (C=O) groups excluding carboxylic acids is 1. The topological polar surface area (TPSA) is 61.6 Å². The largest absolute Gasteiger partial charge is 0.343 e. The fourth-order valence-electron chi connectivity index (χ4n) is 2.52. The Kier molecular flexibility index (Phi) is 5.56. The van der Waals surface area contributed by atoms with Gasteiger partial charge in [0.25, 0.3) is 0 Å². The zero-order chi connectivity index (χ0) is 13.8. The number of nitrogens with one attached hydrogen (secondary N) is 1. The molecule has 0 aromatic rings. The first kappa shape index (κ1) is 15.4. The Morgan fingerprint density at radius 3 is 2.28 bits per heavy atom. The molecule has 0 bridgehead atoms. The second-order valence-corrected chi connectivity index (χ2v) is 5.70. The molecule has 0 unspecified atom stereocenters. The van der Waals surface area contributed by atoms with Gasteiger partial charge in [-0.1, -0.05) is 0 Å². The molecule has 0 radical (unpaired) electrons. The van der Waals surface area contributed by atoms with Crippen LogP contribution >= 0.6 is 0 Å². The monoisotopic (exact) mass is 256 g/mol. The highest BCUT2D eigenvalue weighted by molar-refractivity contribution is 5.86. The van der Waals surface area contributed by atoms with Gasteiger partial charge in [-0.05, 0) is 46.8 Å². The molecule has 1 rings (SSSR count). The maximum atomic E-state index is 12.6. The van der Waals surface area contributed by atoms with E-state index in [2.05, 4.69) is 10.2 Å². The molecule has 0 heterocycles. The summed E-state index contributed by atoms with van der Waals surface area (Å²) in [6, 6.07) is 0.256. The summed E-state index contributed by atoms with van der Waals surface area (Å²) in [6.45, 7) is 1.66. The van der Waals surface area contributed by atoms with Crippen molar-refractivity contribution in [2.75, 3.05) is 41.3 Å². The normalized spacial score (nSPS) is 28.4. The van der Waals surface area contributed by atoms with Gasteiger partial charge in [0.05, 0.1) is 5.54 Å². The number of nitrogens with zero attached hydrogens (tertiary/aromatic N) is 2. The zero-order valence-electron chi connectivity index (χ0n) is 12.2. The molecule has 0 aliphatic heterocycles. The Balaban J connectivity index is 2.61. The lowest BCUT2D eigenvalue weighted by atomic mass is 9.78. The SMILES string of the molecule is CNC1(C(=O)N(C)CCN(C)C)CCC(N)CC1. The number of hydrogen-bond donors (Lipinski definition) is 2. The predicted molar refractivity (Wildman–Crippen MR) is 74.4 cm³/mol. The Bertz CT molecular complexity index is 272. The van der Waals surface area contributed by atoms with Gasteiger partial charge in [-0.15, -0.1) is 0 Å². The summed E-state index contributed by atoms with van der Waals surface area (Å²) in [5.41, 5.74) is 5.53. The average molecular weight is 256 g/mol. The van der Waals surface area contributed by atoms with Crippen molar-refractivity contribution in [1.82, 2.24) is 15.1 Å². The molecule has 1 aliphatic carbocycles. The minimum Gasteiger partial charge on any atom is -0.343 e. The van der Waals surface area contributed by atoms with E-state index in [1.54, 1.807) is 0 Å². The van der Waals surface area contributed by atoms with Crippen LogP contribution in [0.1, 0.15) is 25.7 Å². The van der Waals surface area contributed by atoms with Crippen LogP contribution in [0.5, 0.6) is 0 Å². The molecule has 5 nitrogen and oxygen atoms in total. The third-order valence-electron chi connectivity index (χ3n) is 4.00. The van der Waals surface area contributed by atoms with Gasteiger partial charge in [-0.25, -0.2) is 0 Å². The number of amides is 1. The summed E-state index contributed by atoms with van der Waals surface area (Å²) in [6.07, 6.45) is 3.54. The van der Waals surface area contributed by atoms with Crippen molar-refractivity contribution in [3.05, 3.63) is 0 Å². The van der Waals surface area contributed by atoms with Crippen molar-refractivity contribution in [1.29, 1.82) is 0 Å². The van der Waals surface area contributed by atoms with E-state index in [1.165, 1.54) is 0 Å². The smallest absolute Gasteiger partial charge is 0.242 e. The van der Waals surface area contributed by atoms with Gasteiger partial charge in [0.2, 0.25) is 5.91 Å². The van der Waals surface area contributed by atoms with E-state index in [1.807, 2.05) is 33.1 Å². The lowest BCUT2D eigenvalue weighted by Crippen LogP contribution is -2.59. The Hall–Kier alpha value is -0.650. The van der Waals surface area contributed by atoms with E-state index >= 15 is 0 Å². The summed E-state index contributed by atoms with van der Waals surface area (Å²) >= 11 is 0. The number of likely N-dealkylation sites (N-methyl/N-ethyl adjacent to an activating group) is 3. The van der Waals surface area contributed by atoms with Gasteiger partial charge < -0.3 is 20.9 Å². The Morgan fingerprint density at radius 1 is 1.28 bits per heavy atom. The summed E-state index contributed by atoms with van der Waals surface area (Å²) in [5.74, 6) is 0.207. The molecule has 1 aliphatic rings. The Morgan fingerprint density at radius 2 is 1.83 bits per heavy atom. The highest BCUT2D eigenvalue weighted by Gasteiger charge is 2.41. The molecule has 0 aromatic heterocycles. The minimum atomic E-state index is -0.392. The molecule has 1 amide bonds. The third-order valence-corrected chi connectivity index (χ3v) is 4.00. The Labute approximate surface area is 111 Å². The van der Waals surface area contributed by atoms with Crippen molar-refractivity contribution in [3.8, 4) is 0 Å². The highest BCUT2D eigenvalue weighted by atomic mass is 16.2. The quantitative estimate of drug-likeness (QED) is 0.719. The van der Waals surface area contributed by atoms with Crippen LogP contribution in [-0.4, -0.2) is 68.6 Å². The van der Waals surface area contributed by atoms with E-state index in [0.29, 0.717) is 0 Å². The van der Waals surface area contributed by atoms with E-state index in [-0.39, 0.29) is 11.9 Å². The van der Waals surface area contributed by atoms with Gasteiger partial charge in [0.15, 0.2) is 0 Å². The average Bonchev–Trinajstić information content (AvgIpc) is 2.36. The van der Waals surface area contributed by atoms with Crippen molar-refractivity contribution in [2.24, 2.45) is 5.73 Å².